The molecule has 1 N–H and O–H groups in total. The van der Waals surface area contributed by atoms with Gasteiger partial charge in [-0.15, -0.1) is 11.3 Å². The first-order chi connectivity index (χ1) is 9.56. The average Bonchev–Trinajstić information content (AvgIpc) is 2.86. The monoisotopic (exact) mass is 354 g/mol. The van der Waals surface area contributed by atoms with Gasteiger partial charge in [-0.1, -0.05) is 12.1 Å². The second-order valence-electron chi connectivity index (χ2n) is 4.49. The third kappa shape index (κ3) is 4.13. The third-order valence-corrected chi connectivity index (χ3v) is 4.84. The van der Waals surface area contributed by atoms with Crippen molar-refractivity contribution in [3.05, 3.63) is 60.7 Å². The van der Waals surface area contributed by atoms with E-state index in [1.165, 1.54) is 4.88 Å². The van der Waals surface area contributed by atoms with Gasteiger partial charge in [0.15, 0.2) is 0 Å². The number of halogens is 1. The van der Waals surface area contributed by atoms with E-state index in [0.717, 1.165) is 22.3 Å². The zero-order valence-electron chi connectivity index (χ0n) is 11.0. The number of nitro groups is 1. The minimum Gasteiger partial charge on any atom is -0.309 e. The molecule has 0 saturated heterocycles. The summed E-state index contributed by atoms with van der Waals surface area (Å²) in [6.45, 7) is 2.97. The fourth-order valence-electron chi connectivity index (χ4n) is 1.88. The van der Waals surface area contributed by atoms with Gasteiger partial charge in [0, 0.05) is 23.1 Å². The van der Waals surface area contributed by atoms with Gasteiger partial charge < -0.3 is 5.32 Å². The van der Waals surface area contributed by atoms with Gasteiger partial charge in [-0.25, -0.2) is 0 Å². The van der Waals surface area contributed by atoms with E-state index in [2.05, 4.69) is 40.3 Å². The molecular weight excluding hydrogens is 340 g/mol. The van der Waals surface area contributed by atoms with E-state index in [1.54, 1.807) is 23.5 Å². The lowest BCUT2D eigenvalue weighted by Crippen LogP contribution is -2.20. The highest BCUT2D eigenvalue weighted by Gasteiger charge is 2.08. The van der Waals surface area contributed by atoms with Crippen LogP contribution in [0.5, 0.6) is 0 Å². The second kappa shape index (κ2) is 6.97. The van der Waals surface area contributed by atoms with Gasteiger partial charge in [0.05, 0.1) is 8.71 Å². The Morgan fingerprint density at radius 1 is 1.30 bits per heavy atom. The number of thiophene rings is 1. The summed E-state index contributed by atoms with van der Waals surface area (Å²) in [5.41, 5.74) is 1.24. The number of rotatable bonds is 6. The number of hydrogen-bond acceptors (Lipinski definition) is 4. The summed E-state index contributed by atoms with van der Waals surface area (Å²) < 4.78 is 1.14. The van der Waals surface area contributed by atoms with Crippen LogP contribution in [-0.4, -0.2) is 11.5 Å². The lowest BCUT2D eigenvalue weighted by atomic mass is 10.1. The first-order valence-corrected chi connectivity index (χ1v) is 7.89. The van der Waals surface area contributed by atoms with Gasteiger partial charge in [-0.05, 0) is 53.5 Å². The van der Waals surface area contributed by atoms with Crippen molar-refractivity contribution in [2.45, 2.75) is 19.4 Å². The Bertz CT molecular complexity index is 583. The van der Waals surface area contributed by atoms with Crippen molar-refractivity contribution in [2.75, 3.05) is 6.54 Å². The minimum absolute atomic E-state index is 0.138. The van der Waals surface area contributed by atoms with Gasteiger partial charge in [0.1, 0.15) is 0 Å². The fourth-order valence-corrected chi connectivity index (χ4v) is 3.33. The van der Waals surface area contributed by atoms with Crippen LogP contribution < -0.4 is 5.32 Å². The molecule has 0 bridgehead atoms. The molecule has 106 valence electrons. The van der Waals surface area contributed by atoms with Crippen LogP contribution in [0.25, 0.3) is 0 Å². The van der Waals surface area contributed by atoms with Crippen LogP contribution in [0.3, 0.4) is 0 Å². The van der Waals surface area contributed by atoms with Crippen LogP contribution in [0, 0.1) is 10.1 Å². The molecule has 4 nitrogen and oxygen atoms in total. The standard InChI is InChI=1S/C14H15BrN2O2S/c1-10(13-6-7-14(15)20-13)16-9-8-11-2-4-12(5-3-11)17(18)19/h2-7,10,16H,8-9H2,1H3. The summed E-state index contributed by atoms with van der Waals surface area (Å²) in [7, 11) is 0. The molecular formula is C14H15BrN2O2S. The number of nitrogens with zero attached hydrogens (tertiary/aromatic N) is 1. The molecule has 1 aromatic carbocycles. The molecule has 1 atom stereocenters. The number of benzene rings is 1. The first-order valence-electron chi connectivity index (χ1n) is 6.28. The van der Waals surface area contributed by atoms with Crippen LogP contribution in [0.4, 0.5) is 5.69 Å². The summed E-state index contributed by atoms with van der Waals surface area (Å²) in [4.78, 5) is 11.5. The molecule has 20 heavy (non-hydrogen) atoms. The first kappa shape index (κ1) is 15.2. The molecule has 0 spiro atoms. The summed E-state index contributed by atoms with van der Waals surface area (Å²) in [6.07, 6.45) is 0.856. The molecule has 0 radical (unpaired) electrons. The van der Waals surface area contributed by atoms with Crippen LogP contribution in [-0.2, 0) is 6.42 Å². The summed E-state index contributed by atoms with van der Waals surface area (Å²) >= 11 is 5.19. The predicted octanol–water partition coefficient (Wildman–Crippen LogP) is 4.31. The van der Waals surface area contributed by atoms with Crippen molar-refractivity contribution in [1.29, 1.82) is 0 Å². The number of nitro benzene ring substituents is 1. The molecule has 0 aliphatic carbocycles. The largest absolute Gasteiger partial charge is 0.309 e. The van der Waals surface area contributed by atoms with Crippen molar-refractivity contribution in [3.63, 3.8) is 0 Å². The molecule has 0 saturated carbocycles. The van der Waals surface area contributed by atoms with Crippen LogP contribution >= 0.6 is 27.3 Å². The maximum atomic E-state index is 10.6. The van der Waals surface area contributed by atoms with Crippen molar-refractivity contribution >= 4 is 33.0 Å². The molecule has 1 aromatic heterocycles. The molecule has 0 aliphatic heterocycles. The average molecular weight is 355 g/mol. The van der Waals surface area contributed by atoms with Crippen molar-refractivity contribution < 1.29 is 4.92 Å². The van der Waals surface area contributed by atoms with E-state index in [0.29, 0.717) is 6.04 Å². The highest BCUT2D eigenvalue weighted by molar-refractivity contribution is 9.11. The van der Waals surface area contributed by atoms with Crippen molar-refractivity contribution in [2.24, 2.45) is 0 Å². The summed E-state index contributed by atoms with van der Waals surface area (Å²) in [5, 5.41) is 14.0. The maximum Gasteiger partial charge on any atom is 0.269 e. The molecule has 2 rings (SSSR count). The van der Waals surface area contributed by atoms with Crippen LogP contribution in [0.1, 0.15) is 23.4 Å². The Labute approximate surface area is 130 Å². The molecule has 6 heteroatoms. The molecule has 0 fully saturated rings. The Hall–Kier alpha value is -1.24. The molecule has 2 aromatic rings. The lowest BCUT2D eigenvalue weighted by molar-refractivity contribution is -0.384. The number of hydrogen-bond donors (Lipinski definition) is 1. The normalized spacial score (nSPS) is 12.3. The minimum atomic E-state index is -0.376. The van der Waals surface area contributed by atoms with Crippen LogP contribution in [0.2, 0.25) is 0 Å². The zero-order valence-corrected chi connectivity index (χ0v) is 13.4. The van der Waals surface area contributed by atoms with Crippen LogP contribution in [0.15, 0.2) is 40.2 Å². The smallest absolute Gasteiger partial charge is 0.269 e. The van der Waals surface area contributed by atoms with Gasteiger partial charge in [-0.3, -0.25) is 10.1 Å². The summed E-state index contributed by atoms with van der Waals surface area (Å²) in [5.74, 6) is 0. The van der Waals surface area contributed by atoms with Gasteiger partial charge in [-0.2, -0.15) is 0 Å². The highest BCUT2D eigenvalue weighted by Crippen LogP contribution is 2.26. The highest BCUT2D eigenvalue weighted by atomic mass is 79.9. The molecule has 1 unspecified atom stereocenters. The molecule has 1 heterocycles. The number of nitrogens with one attached hydrogen (secondary N) is 1. The van der Waals surface area contributed by atoms with E-state index in [1.807, 2.05) is 12.1 Å². The van der Waals surface area contributed by atoms with Crippen molar-refractivity contribution in [3.8, 4) is 0 Å². The topological polar surface area (TPSA) is 55.2 Å². The van der Waals surface area contributed by atoms with E-state index in [4.69, 9.17) is 0 Å². The van der Waals surface area contributed by atoms with E-state index < -0.39 is 0 Å². The zero-order chi connectivity index (χ0) is 14.5. The Kier molecular flexibility index (Phi) is 5.28. The molecule has 0 amide bonds. The van der Waals surface area contributed by atoms with E-state index >= 15 is 0 Å². The lowest BCUT2D eigenvalue weighted by Gasteiger charge is -2.11. The SMILES string of the molecule is CC(NCCc1ccc([N+](=O)[O-])cc1)c1ccc(Br)s1. The second-order valence-corrected chi connectivity index (χ2v) is 6.99. The third-order valence-electron chi connectivity index (χ3n) is 3.03. The Morgan fingerprint density at radius 3 is 2.55 bits per heavy atom. The maximum absolute atomic E-state index is 10.6. The molecule has 0 aliphatic rings. The number of non-ortho nitro benzene ring substituents is 1. The Balaban J connectivity index is 1.82. The van der Waals surface area contributed by atoms with Crippen molar-refractivity contribution in [1.82, 2.24) is 5.32 Å². The summed E-state index contributed by atoms with van der Waals surface area (Å²) in [6, 6.07) is 11.2. The van der Waals surface area contributed by atoms with Gasteiger partial charge in [0.2, 0.25) is 0 Å². The van der Waals surface area contributed by atoms with Gasteiger partial charge in [0.25, 0.3) is 5.69 Å². The fraction of sp³-hybridized carbons (Fsp3) is 0.286. The van der Waals surface area contributed by atoms with Gasteiger partial charge >= 0.3 is 0 Å². The van der Waals surface area contributed by atoms with E-state index in [9.17, 15) is 10.1 Å². The quantitative estimate of drug-likeness (QED) is 0.620. The Morgan fingerprint density at radius 2 is 2.00 bits per heavy atom. The predicted molar refractivity (Wildman–Crippen MR) is 85.2 cm³/mol. The van der Waals surface area contributed by atoms with E-state index in [-0.39, 0.29) is 10.6 Å².